The monoisotopic (exact) mass is 387 g/mol. The van der Waals surface area contributed by atoms with Crippen molar-refractivity contribution in [3.63, 3.8) is 0 Å². The molecule has 0 bridgehead atoms. The van der Waals surface area contributed by atoms with Crippen LogP contribution in [0.5, 0.6) is 0 Å². The molecule has 1 heterocycles. The number of carbonyl (C=O) groups is 1. The number of sulfonamides is 1. The summed E-state index contributed by atoms with van der Waals surface area (Å²) in [7, 11) is -4.12. The van der Waals surface area contributed by atoms with Crippen LogP contribution in [0, 0.1) is 0 Å². The standard InChI is InChI=1S/C16H16F3N3O3S/c1-10(22-8-7-14(20-22)16(17,18)19)15(23)21-26(24,25)13-6-5-11-3-2-4-12(11)9-13/h5-10H,2-4H2,1H3,(H,21,23). The van der Waals surface area contributed by atoms with Crippen molar-refractivity contribution in [1.82, 2.24) is 14.5 Å². The highest BCUT2D eigenvalue weighted by molar-refractivity contribution is 7.90. The van der Waals surface area contributed by atoms with Crippen LogP contribution in [0.15, 0.2) is 35.4 Å². The number of benzene rings is 1. The number of carbonyl (C=O) groups excluding carboxylic acids is 1. The van der Waals surface area contributed by atoms with Gasteiger partial charge in [-0.05, 0) is 55.5 Å². The Labute approximate surface area is 148 Å². The summed E-state index contributed by atoms with van der Waals surface area (Å²) in [6.07, 6.45) is -1.05. The van der Waals surface area contributed by atoms with Gasteiger partial charge in [-0.3, -0.25) is 9.48 Å². The molecule has 1 aliphatic rings. The second-order valence-corrected chi connectivity index (χ2v) is 7.79. The van der Waals surface area contributed by atoms with Gasteiger partial charge in [0.15, 0.2) is 5.69 Å². The van der Waals surface area contributed by atoms with E-state index >= 15 is 0 Å². The summed E-state index contributed by atoms with van der Waals surface area (Å²) < 4.78 is 65.3. The average molecular weight is 387 g/mol. The topological polar surface area (TPSA) is 81.1 Å². The molecular formula is C16H16F3N3O3S. The lowest BCUT2D eigenvalue weighted by molar-refractivity contribution is -0.142. The zero-order valence-corrected chi connectivity index (χ0v) is 14.6. The second kappa shape index (κ2) is 6.42. The molecule has 1 unspecified atom stereocenters. The maximum Gasteiger partial charge on any atom is 0.435 e. The summed E-state index contributed by atoms with van der Waals surface area (Å²) in [5.74, 6) is -0.970. The third kappa shape index (κ3) is 3.59. The van der Waals surface area contributed by atoms with Gasteiger partial charge in [0.25, 0.3) is 15.9 Å². The summed E-state index contributed by atoms with van der Waals surface area (Å²) >= 11 is 0. The molecule has 1 N–H and O–H groups in total. The minimum Gasteiger partial charge on any atom is -0.272 e. The van der Waals surface area contributed by atoms with Gasteiger partial charge in [0.1, 0.15) is 6.04 Å². The highest BCUT2D eigenvalue weighted by atomic mass is 32.2. The van der Waals surface area contributed by atoms with Crippen LogP contribution in [-0.2, 0) is 33.8 Å². The number of aromatic nitrogens is 2. The van der Waals surface area contributed by atoms with Gasteiger partial charge in [-0.2, -0.15) is 18.3 Å². The number of hydrogen-bond donors (Lipinski definition) is 1. The molecule has 26 heavy (non-hydrogen) atoms. The van der Waals surface area contributed by atoms with E-state index < -0.39 is 33.8 Å². The van der Waals surface area contributed by atoms with Gasteiger partial charge in [-0.15, -0.1) is 0 Å². The molecule has 0 radical (unpaired) electrons. The number of hydrogen-bond acceptors (Lipinski definition) is 4. The van der Waals surface area contributed by atoms with Gasteiger partial charge in [0.05, 0.1) is 4.90 Å². The summed E-state index contributed by atoms with van der Waals surface area (Å²) in [6, 6.07) is 4.15. The van der Waals surface area contributed by atoms with Crippen LogP contribution >= 0.6 is 0 Å². The third-order valence-corrected chi connectivity index (χ3v) is 5.63. The molecule has 10 heteroatoms. The van der Waals surface area contributed by atoms with Crippen LogP contribution in [0.3, 0.4) is 0 Å². The Morgan fingerprint density at radius 3 is 2.58 bits per heavy atom. The summed E-state index contributed by atoms with van der Waals surface area (Å²) in [5.41, 5.74) is 0.855. The quantitative estimate of drug-likeness (QED) is 0.874. The van der Waals surface area contributed by atoms with E-state index in [1.54, 1.807) is 6.07 Å². The van der Waals surface area contributed by atoms with Crippen molar-refractivity contribution in [1.29, 1.82) is 0 Å². The van der Waals surface area contributed by atoms with E-state index in [1.165, 1.54) is 19.1 Å². The largest absolute Gasteiger partial charge is 0.435 e. The van der Waals surface area contributed by atoms with Crippen LogP contribution in [0.25, 0.3) is 0 Å². The zero-order chi connectivity index (χ0) is 19.1. The molecule has 3 rings (SSSR count). The molecule has 0 fully saturated rings. The Bertz CT molecular complexity index is 951. The van der Waals surface area contributed by atoms with E-state index in [1.807, 2.05) is 4.72 Å². The van der Waals surface area contributed by atoms with Crippen molar-refractivity contribution in [2.24, 2.45) is 0 Å². The first-order valence-electron chi connectivity index (χ1n) is 7.89. The number of alkyl halides is 3. The lowest BCUT2D eigenvalue weighted by atomic mass is 10.1. The zero-order valence-electron chi connectivity index (χ0n) is 13.7. The molecule has 1 amide bonds. The summed E-state index contributed by atoms with van der Waals surface area (Å²) in [5, 5.41) is 3.29. The van der Waals surface area contributed by atoms with Crippen molar-refractivity contribution in [3.8, 4) is 0 Å². The predicted molar refractivity (Wildman–Crippen MR) is 85.7 cm³/mol. The highest BCUT2D eigenvalue weighted by Crippen LogP contribution is 2.28. The number of nitrogens with zero attached hydrogens (tertiary/aromatic N) is 2. The van der Waals surface area contributed by atoms with E-state index in [-0.39, 0.29) is 4.90 Å². The van der Waals surface area contributed by atoms with Gasteiger partial charge in [0, 0.05) is 6.20 Å². The summed E-state index contributed by atoms with van der Waals surface area (Å²) in [6.45, 7) is 1.26. The summed E-state index contributed by atoms with van der Waals surface area (Å²) in [4.78, 5) is 12.1. The maximum absolute atomic E-state index is 12.6. The van der Waals surface area contributed by atoms with Crippen LogP contribution in [0.1, 0.15) is 36.2 Å². The second-order valence-electron chi connectivity index (χ2n) is 6.11. The Morgan fingerprint density at radius 1 is 1.23 bits per heavy atom. The number of halogens is 3. The molecule has 0 aliphatic heterocycles. The van der Waals surface area contributed by atoms with Gasteiger partial charge in [0.2, 0.25) is 0 Å². The molecular weight excluding hydrogens is 371 g/mol. The normalized spacial score (nSPS) is 15.5. The van der Waals surface area contributed by atoms with Crippen molar-refractivity contribution >= 4 is 15.9 Å². The fraction of sp³-hybridized carbons (Fsp3) is 0.375. The Kier molecular flexibility index (Phi) is 4.55. The van der Waals surface area contributed by atoms with Crippen LogP contribution in [0.4, 0.5) is 13.2 Å². The third-order valence-electron chi connectivity index (χ3n) is 4.29. The fourth-order valence-electron chi connectivity index (χ4n) is 2.82. The molecule has 1 aliphatic carbocycles. The highest BCUT2D eigenvalue weighted by Gasteiger charge is 2.34. The molecule has 0 saturated carbocycles. The number of amides is 1. The van der Waals surface area contributed by atoms with Gasteiger partial charge in [-0.25, -0.2) is 13.1 Å². The van der Waals surface area contributed by atoms with Crippen molar-refractivity contribution in [2.45, 2.75) is 43.3 Å². The molecule has 1 aromatic heterocycles. The van der Waals surface area contributed by atoms with E-state index in [0.29, 0.717) is 0 Å². The number of aryl methyl sites for hydroxylation is 2. The lowest BCUT2D eigenvalue weighted by Crippen LogP contribution is -2.36. The molecule has 6 nitrogen and oxygen atoms in total. The smallest absolute Gasteiger partial charge is 0.272 e. The predicted octanol–water partition coefficient (Wildman–Crippen LogP) is 2.46. The molecule has 140 valence electrons. The Hall–Kier alpha value is -2.36. The molecule has 1 atom stereocenters. The van der Waals surface area contributed by atoms with E-state index in [4.69, 9.17) is 0 Å². The number of rotatable bonds is 4. The number of fused-ring (bicyclic) bond motifs is 1. The van der Waals surface area contributed by atoms with Crippen LogP contribution in [-0.4, -0.2) is 24.1 Å². The van der Waals surface area contributed by atoms with Gasteiger partial charge in [-0.1, -0.05) is 6.07 Å². The van der Waals surface area contributed by atoms with Crippen molar-refractivity contribution in [3.05, 3.63) is 47.3 Å². The lowest BCUT2D eigenvalue weighted by Gasteiger charge is -2.14. The minimum absolute atomic E-state index is 0.0462. The molecule has 0 saturated heterocycles. The fourth-order valence-corrected chi connectivity index (χ4v) is 3.91. The molecule has 0 spiro atoms. The maximum atomic E-state index is 12.6. The van der Waals surface area contributed by atoms with Gasteiger partial charge < -0.3 is 0 Å². The minimum atomic E-state index is -4.64. The Morgan fingerprint density at radius 2 is 1.92 bits per heavy atom. The Balaban J connectivity index is 1.77. The van der Waals surface area contributed by atoms with Crippen LogP contribution < -0.4 is 4.72 Å². The first-order chi connectivity index (χ1) is 12.1. The molecule has 1 aromatic carbocycles. The SMILES string of the molecule is CC(C(=O)NS(=O)(=O)c1ccc2c(c1)CCC2)n1ccc(C(F)(F)F)n1. The van der Waals surface area contributed by atoms with E-state index in [0.717, 1.165) is 47.3 Å². The number of nitrogens with one attached hydrogen (secondary N) is 1. The van der Waals surface area contributed by atoms with Gasteiger partial charge >= 0.3 is 6.18 Å². The van der Waals surface area contributed by atoms with E-state index in [2.05, 4.69) is 5.10 Å². The van der Waals surface area contributed by atoms with Crippen molar-refractivity contribution < 1.29 is 26.4 Å². The average Bonchev–Trinajstić information content (AvgIpc) is 3.21. The first-order valence-corrected chi connectivity index (χ1v) is 9.37. The first kappa shape index (κ1) is 18.4. The van der Waals surface area contributed by atoms with E-state index in [9.17, 15) is 26.4 Å². The van der Waals surface area contributed by atoms with Crippen molar-refractivity contribution in [2.75, 3.05) is 0 Å². The van der Waals surface area contributed by atoms with Crippen LogP contribution in [0.2, 0.25) is 0 Å². The molecule has 2 aromatic rings.